The van der Waals surface area contributed by atoms with Gasteiger partial charge < -0.3 is 14.8 Å². The van der Waals surface area contributed by atoms with Crippen LogP contribution in [0.5, 0.6) is 0 Å². The van der Waals surface area contributed by atoms with Crippen molar-refractivity contribution in [2.45, 2.75) is 70.8 Å². The highest BCUT2D eigenvalue weighted by molar-refractivity contribution is 4.97. The Labute approximate surface area is 112 Å². The minimum Gasteiger partial charge on any atom is -0.377 e. The zero-order valence-corrected chi connectivity index (χ0v) is 12.3. The van der Waals surface area contributed by atoms with E-state index in [4.69, 9.17) is 9.47 Å². The molecule has 0 amide bonds. The quantitative estimate of drug-likeness (QED) is 0.819. The van der Waals surface area contributed by atoms with E-state index in [-0.39, 0.29) is 6.10 Å². The maximum atomic E-state index is 6.28. The van der Waals surface area contributed by atoms with Gasteiger partial charge in [-0.25, -0.2) is 0 Å². The summed E-state index contributed by atoms with van der Waals surface area (Å²) in [6.45, 7) is 7.85. The Bertz CT molecular complexity index is 249. The lowest BCUT2D eigenvalue weighted by atomic mass is 9.80. The molecule has 3 heteroatoms. The van der Waals surface area contributed by atoms with E-state index in [1.165, 1.54) is 19.3 Å². The lowest BCUT2D eigenvalue weighted by Crippen LogP contribution is -2.60. The van der Waals surface area contributed by atoms with Crippen LogP contribution in [0.2, 0.25) is 0 Å². The van der Waals surface area contributed by atoms with Crippen LogP contribution in [-0.2, 0) is 9.47 Å². The second-order valence-electron chi connectivity index (χ2n) is 6.31. The summed E-state index contributed by atoms with van der Waals surface area (Å²) in [4.78, 5) is 0. The molecule has 0 aliphatic heterocycles. The van der Waals surface area contributed by atoms with Crippen LogP contribution in [0.3, 0.4) is 0 Å². The summed E-state index contributed by atoms with van der Waals surface area (Å²) in [6, 6.07) is 0.489. The zero-order chi connectivity index (χ0) is 13.1. The van der Waals surface area contributed by atoms with Crippen molar-refractivity contribution in [1.82, 2.24) is 5.32 Å². The number of methoxy groups -OCH3 is 1. The molecule has 2 aliphatic carbocycles. The van der Waals surface area contributed by atoms with Crippen molar-refractivity contribution in [2.24, 2.45) is 11.8 Å². The Hall–Kier alpha value is -0.120. The third kappa shape index (κ3) is 3.25. The van der Waals surface area contributed by atoms with Gasteiger partial charge >= 0.3 is 0 Å². The summed E-state index contributed by atoms with van der Waals surface area (Å²) in [5.41, 5.74) is 0. The molecular formula is C15H29NO2. The number of rotatable bonds is 5. The first kappa shape index (κ1) is 14.3. The summed E-state index contributed by atoms with van der Waals surface area (Å²) in [5, 5.41) is 3.46. The van der Waals surface area contributed by atoms with Crippen molar-refractivity contribution in [2.75, 3.05) is 13.7 Å². The Morgan fingerprint density at radius 2 is 1.72 bits per heavy atom. The van der Waals surface area contributed by atoms with Crippen molar-refractivity contribution in [1.29, 1.82) is 0 Å². The lowest BCUT2D eigenvalue weighted by molar-refractivity contribution is -0.167. The molecule has 0 aromatic rings. The maximum absolute atomic E-state index is 6.28. The third-order valence-electron chi connectivity index (χ3n) is 4.49. The summed E-state index contributed by atoms with van der Waals surface area (Å²) < 4.78 is 11.9. The van der Waals surface area contributed by atoms with Crippen molar-refractivity contribution >= 4 is 0 Å². The van der Waals surface area contributed by atoms with Crippen molar-refractivity contribution in [3.05, 3.63) is 0 Å². The fraction of sp³-hybridized carbons (Fsp3) is 1.00. The van der Waals surface area contributed by atoms with Crippen LogP contribution in [0.1, 0.15) is 46.5 Å². The molecular weight excluding hydrogens is 226 g/mol. The van der Waals surface area contributed by atoms with Gasteiger partial charge in [0.15, 0.2) is 0 Å². The molecule has 2 fully saturated rings. The van der Waals surface area contributed by atoms with E-state index in [0.717, 1.165) is 24.8 Å². The molecule has 2 rings (SSSR count). The molecule has 0 aromatic heterocycles. The van der Waals surface area contributed by atoms with Gasteiger partial charge in [-0.15, -0.1) is 0 Å². The average Bonchev–Trinajstić information content (AvgIpc) is 2.26. The molecule has 2 saturated carbocycles. The monoisotopic (exact) mass is 255 g/mol. The molecule has 0 heterocycles. The zero-order valence-electron chi connectivity index (χ0n) is 12.3. The predicted molar refractivity (Wildman–Crippen MR) is 73.7 cm³/mol. The van der Waals surface area contributed by atoms with Gasteiger partial charge in [0.05, 0.1) is 18.3 Å². The SMILES string of the molecule is CCNC1CC(OC2CC(C)CC(C)C2)C1OC. The van der Waals surface area contributed by atoms with Crippen LogP contribution >= 0.6 is 0 Å². The number of hydrogen-bond donors (Lipinski definition) is 1. The molecule has 18 heavy (non-hydrogen) atoms. The molecule has 106 valence electrons. The minimum atomic E-state index is 0.248. The molecule has 0 radical (unpaired) electrons. The molecule has 0 saturated heterocycles. The summed E-state index contributed by atoms with van der Waals surface area (Å²) >= 11 is 0. The van der Waals surface area contributed by atoms with Crippen LogP contribution in [0.15, 0.2) is 0 Å². The highest BCUT2D eigenvalue weighted by atomic mass is 16.5. The van der Waals surface area contributed by atoms with E-state index < -0.39 is 0 Å². The normalized spacial score (nSPS) is 44.7. The molecule has 2 aliphatic rings. The largest absolute Gasteiger partial charge is 0.377 e. The summed E-state index contributed by atoms with van der Waals surface area (Å²) in [7, 11) is 1.80. The van der Waals surface area contributed by atoms with Crippen molar-refractivity contribution < 1.29 is 9.47 Å². The van der Waals surface area contributed by atoms with Gasteiger partial charge in [0.1, 0.15) is 0 Å². The minimum absolute atomic E-state index is 0.248. The second kappa shape index (κ2) is 6.36. The molecule has 0 aromatic carbocycles. The first-order valence-electron chi connectivity index (χ1n) is 7.55. The number of nitrogens with one attached hydrogen (secondary N) is 1. The van der Waals surface area contributed by atoms with Crippen LogP contribution in [0, 0.1) is 11.8 Å². The Morgan fingerprint density at radius 3 is 2.28 bits per heavy atom. The molecule has 1 N–H and O–H groups in total. The Kier molecular flexibility index (Phi) is 5.05. The van der Waals surface area contributed by atoms with E-state index in [9.17, 15) is 0 Å². The van der Waals surface area contributed by atoms with Gasteiger partial charge in [-0.2, -0.15) is 0 Å². The van der Waals surface area contributed by atoms with E-state index in [2.05, 4.69) is 26.1 Å². The Morgan fingerprint density at radius 1 is 1.06 bits per heavy atom. The van der Waals surface area contributed by atoms with Gasteiger partial charge in [-0.3, -0.25) is 0 Å². The smallest absolute Gasteiger partial charge is 0.0987 e. The van der Waals surface area contributed by atoms with E-state index in [0.29, 0.717) is 18.2 Å². The highest BCUT2D eigenvalue weighted by Gasteiger charge is 2.43. The predicted octanol–water partition coefficient (Wildman–Crippen LogP) is 2.59. The van der Waals surface area contributed by atoms with Crippen LogP contribution in [0.4, 0.5) is 0 Å². The average molecular weight is 255 g/mol. The molecule has 5 unspecified atom stereocenters. The van der Waals surface area contributed by atoms with Crippen LogP contribution < -0.4 is 5.32 Å². The number of ether oxygens (including phenoxy) is 2. The van der Waals surface area contributed by atoms with Crippen molar-refractivity contribution in [3.63, 3.8) is 0 Å². The summed E-state index contributed by atoms with van der Waals surface area (Å²) in [5.74, 6) is 1.62. The van der Waals surface area contributed by atoms with Gasteiger partial charge in [-0.05, 0) is 44.1 Å². The van der Waals surface area contributed by atoms with E-state index in [1.54, 1.807) is 7.11 Å². The van der Waals surface area contributed by atoms with Gasteiger partial charge in [0, 0.05) is 13.2 Å². The van der Waals surface area contributed by atoms with E-state index >= 15 is 0 Å². The van der Waals surface area contributed by atoms with E-state index in [1.807, 2.05) is 0 Å². The third-order valence-corrected chi connectivity index (χ3v) is 4.49. The summed E-state index contributed by atoms with van der Waals surface area (Å²) in [6.07, 6.45) is 5.92. The van der Waals surface area contributed by atoms with Crippen LogP contribution in [-0.4, -0.2) is 38.0 Å². The molecule has 0 spiro atoms. The number of hydrogen-bond acceptors (Lipinski definition) is 3. The maximum Gasteiger partial charge on any atom is 0.0987 e. The van der Waals surface area contributed by atoms with Gasteiger partial charge in [0.2, 0.25) is 0 Å². The fourth-order valence-electron chi connectivity index (χ4n) is 3.72. The Balaban J connectivity index is 1.79. The molecule has 3 nitrogen and oxygen atoms in total. The van der Waals surface area contributed by atoms with Crippen LogP contribution in [0.25, 0.3) is 0 Å². The number of likely N-dealkylation sites (N-methyl/N-ethyl adjacent to an activating group) is 1. The second-order valence-corrected chi connectivity index (χ2v) is 6.31. The highest BCUT2D eigenvalue weighted by Crippen LogP contribution is 2.35. The molecule has 0 bridgehead atoms. The standard InChI is InChI=1S/C15H29NO2/c1-5-16-13-9-14(15(13)17-4)18-12-7-10(2)6-11(3)8-12/h10-16H,5-9H2,1-4H3. The van der Waals surface area contributed by atoms with Gasteiger partial charge in [-0.1, -0.05) is 20.8 Å². The van der Waals surface area contributed by atoms with Crippen molar-refractivity contribution in [3.8, 4) is 0 Å². The van der Waals surface area contributed by atoms with Gasteiger partial charge in [0.25, 0.3) is 0 Å². The lowest BCUT2D eigenvalue weighted by Gasteiger charge is -2.46. The fourth-order valence-corrected chi connectivity index (χ4v) is 3.72. The molecule has 5 atom stereocenters. The topological polar surface area (TPSA) is 30.5 Å². The first-order valence-corrected chi connectivity index (χ1v) is 7.55. The first-order chi connectivity index (χ1) is 8.63.